The number of aryl methyl sites for hydroxylation is 2. The molecule has 2 heterocycles. The fraction of sp³-hybridized carbons (Fsp3) is 0.235. The molecule has 5 nitrogen and oxygen atoms in total. The minimum absolute atomic E-state index is 0.299. The van der Waals surface area contributed by atoms with Crippen LogP contribution in [0.25, 0.3) is 0 Å². The molecule has 24 heavy (non-hydrogen) atoms. The molecule has 3 aromatic rings. The second-order valence-corrected chi connectivity index (χ2v) is 8.59. The van der Waals surface area contributed by atoms with E-state index < -0.39 is 10.0 Å². The van der Waals surface area contributed by atoms with Gasteiger partial charge < -0.3 is 0 Å². The van der Waals surface area contributed by atoms with Crippen molar-refractivity contribution in [3.8, 4) is 0 Å². The van der Waals surface area contributed by atoms with Crippen LogP contribution in [0, 0.1) is 20.8 Å². The third-order valence-corrected chi connectivity index (χ3v) is 6.54. The molecule has 1 aromatic carbocycles. The van der Waals surface area contributed by atoms with Crippen LogP contribution in [-0.2, 0) is 16.6 Å². The maximum absolute atomic E-state index is 12.4. The molecule has 126 valence electrons. The molecule has 0 aliphatic carbocycles. The molecular formula is C17H19N3O2S2. The van der Waals surface area contributed by atoms with Gasteiger partial charge >= 0.3 is 0 Å². The molecule has 0 atom stereocenters. The fourth-order valence-corrected chi connectivity index (χ4v) is 4.75. The zero-order valence-corrected chi connectivity index (χ0v) is 15.4. The van der Waals surface area contributed by atoms with Crippen LogP contribution in [0.2, 0.25) is 0 Å². The van der Waals surface area contributed by atoms with Gasteiger partial charge in [0.2, 0.25) is 0 Å². The van der Waals surface area contributed by atoms with Gasteiger partial charge in [-0.05, 0) is 37.8 Å². The van der Waals surface area contributed by atoms with E-state index in [4.69, 9.17) is 0 Å². The van der Waals surface area contributed by atoms with Crippen LogP contribution in [0.4, 0.5) is 5.69 Å². The Balaban J connectivity index is 1.90. The van der Waals surface area contributed by atoms with Gasteiger partial charge in [0.05, 0.1) is 23.6 Å². The minimum Gasteiger partial charge on any atom is -0.275 e. The second kappa shape index (κ2) is 6.41. The summed E-state index contributed by atoms with van der Waals surface area (Å²) >= 11 is 1.19. The molecule has 0 amide bonds. The third kappa shape index (κ3) is 3.37. The average Bonchev–Trinajstić information content (AvgIpc) is 3.13. The number of thiophene rings is 1. The van der Waals surface area contributed by atoms with Crippen LogP contribution in [0.15, 0.2) is 46.0 Å². The third-order valence-electron chi connectivity index (χ3n) is 3.79. The smallest absolute Gasteiger partial charge is 0.271 e. The lowest BCUT2D eigenvalue weighted by Crippen LogP contribution is -2.13. The molecule has 1 N–H and O–H groups in total. The largest absolute Gasteiger partial charge is 0.275 e. The molecule has 0 radical (unpaired) electrons. The van der Waals surface area contributed by atoms with Crippen molar-refractivity contribution in [1.82, 2.24) is 9.78 Å². The lowest BCUT2D eigenvalue weighted by molar-refractivity contribution is 0.603. The van der Waals surface area contributed by atoms with E-state index in [1.165, 1.54) is 16.9 Å². The first-order valence-electron chi connectivity index (χ1n) is 7.53. The average molecular weight is 361 g/mol. The first-order valence-corrected chi connectivity index (χ1v) is 9.89. The van der Waals surface area contributed by atoms with E-state index >= 15 is 0 Å². The van der Waals surface area contributed by atoms with Crippen molar-refractivity contribution in [3.63, 3.8) is 0 Å². The zero-order valence-electron chi connectivity index (χ0n) is 13.8. The number of nitrogens with one attached hydrogen (secondary N) is 1. The summed E-state index contributed by atoms with van der Waals surface area (Å²) in [5.41, 5.74) is 4.34. The normalized spacial score (nSPS) is 11.6. The van der Waals surface area contributed by atoms with Crippen LogP contribution >= 0.6 is 11.3 Å². The van der Waals surface area contributed by atoms with Crippen LogP contribution in [-0.4, -0.2) is 18.2 Å². The molecule has 2 aromatic heterocycles. The number of nitrogens with zero attached hydrogens (tertiary/aromatic N) is 2. The van der Waals surface area contributed by atoms with Crippen molar-refractivity contribution in [2.45, 2.75) is 31.5 Å². The molecule has 3 rings (SSSR count). The van der Waals surface area contributed by atoms with Crippen LogP contribution in [0.3, 0.4) is 0 Å². The van der Waals surface area contributed by atoms with Crippen molar-refractivity contribution in [1.29, 1.82) is 0 Å². The molecule has 0 aliphatic heterocycles. The number of aromatic nitrogens is 2. The van der Waals surface area contributed by atoms with E-state index in [0.29, 0.717) is 22.1 Å². The van der Waals surface area contributed by atoms with Gasteiger partial charge in [-0.25, -0.2) is 8.42 Å². The molecule has 0 aliphatic rings. The fourth-order valence-electron chi connectivity index (χ4n) is 2.58. The van der Waals surface area contributed by atoms with Gasteiger partial charge in [0.15, 0.2) is 0 Å². The van der Waals surface area contributed by atoms with Crippen LogP contribution in [0.5, 0.6) is 0 Å². The van der Waals surface area contributed by atoms with Gasteiger partial charge in [0, 0.05) is 0 Å². The molecule has 0 saturated heterocycles. The highest BCUT2D eigenvalue weighted by Gasteiger charge is 2.20. The maximum atomic E-state index is 12.4. The predicted octanol–water partition coefficient (Wildman–Crippen LogP) is 3.72. The highest BCUT2D eigenvalue weighted by molar-refractivity contribution is 7.94. The van der Waals surface area contributed by atoms with E-state index in [1.54, 1.807) is 17.5 Å². The number of hydrogen-bond acceptors (Lipinski definition) is 4. The monoisotopic (exact) mass is 361 g/mol. The van der Waals surface area contributed by atoms with Gasteiger partial charge in [-0.15, -0.1) is 11.3 Å². The van der Waals surface area contributed by atoms with Crippen LogP contribution < -0.4 is 4.72 Å². The molecule has 0 bridgehead atoms. The minimum atomic E-state index is -3.57. The van der Waals surface area contributed by atoms with E-state index in [2.05, 4.69) is 15.9 Å². The highest BCUT2D eigenvalue weighted by Crippen LogP contribution is 2.25. The van der Waals surface area contributed by atoms with Crippen molar-refractivity contribution in [2.75, 3.05) is 4.72 Å². The van der Waals surface area contributed by atoms with Gasteiger partial charge in [0.1, 0.15) is 4.21 Å². The molecule has 0 fully saturated rings. The summed E-state index contributed by atoms with van der Waals surface area (Å²) in [6, 6.07) is 11.5. The summed E-state index contributed by atoms with van der Waals surface area (Å²) in [4.78, 5) is 0. The summed E-state index contributed by atoms with van der Waals surface area (Å²) in [7, 11) is -3.57. The molecule has 0 unspecified atom stereocenters. The van der Waals surface area contributed by atoms with Crippen molar-refractivity contribution < 1.29 is 8.42 Å². The molecular weight excluding hydrogens is 342 g/mol. The van der Waals surface area contributed by atoms with E-state index in [1.807, 2.05) is 43.7 Å². The van der Waals surface area contributed by atoms with Crippen molar-refractivity contribution >= 4 is 27.0 Å². The Hall–Kier alpha value is -2.12. The Bertz CT molecular complexity index is 958. The van der Waals surface area contributed by atoms with Gasteiger partial charge in [-0.3, -0.25) is 9.40 Å². The zero-order chi connectivity index (χ0) is 17.3. The highest BCUT2D eigenvalue weighted by atomic mass is 32.2. The molecule has 0 saturated carbocycles. The van der Waals surface area contributed by atoms with E-state index in [0.717, 1.165) is 11.3 Å². The number of anilines is 1. The Morgan fingerprint density at radius 2 is 1.96 bits per heavy atom. The lowest BCUT2D eigenvalue weighted by Gasteiger charge is -2.08. The Morgan fingerprint density at radius 3 is 2.62 bits per heavy atom. The number of rotatable bonds is 5. The van der Waals surface area contributed by atoms with Crippen molar-refractivity contribution in [3.05, 3.63) is 64.3 Å². The number of benzene rings is 1. The maximum Gasteiger partial charge on any atom is 0.271 e. The Labute approximate surface area is 146 Å². The summed E-state index contributed by atoms with van der Waals surface area (Å²) < 4.78 is 29.7. The van der Waals surface area contributed by atoms with E-state index in [9.17, 15) is 8.42 Å². The first-order chi connectivity index (χ1) is 11.4. The lowest BCUT2D eigenvalue weighted by atomic mass is 10.1. The summed E-state index contributed by atoms with van der Waals surface area (Å²) in [6.45, 7) is 6.34. The Morgan fingerprint density at radius 1 is 1.17 bits per heavy atom. The number of hydrogen-bond donors (Lipinski definition) is 1. The predicted molar refractivity (Wildman–Crippen MR) is 97.1 cm³/mol. The van der Waals surface area contributed by atoms with Gasteiger partial charge in [-0.2, -0.15) is 5.10 Å². The topological polar surface area (TPSA) is 64.0 Å². The van der Waals surface area contributed by atoms with Gasteiger partial charge in [0.25, 0.3) is 10.0 Å². The van der Waals surface area contributed by atoms with Crippen molar-refractivity contribution in [2.24, 2.45) is 0 Å². The van der Waals surface area contributed by atoms with Gasteiger partial charge in [-0.1, -0.05) is 35.9 Å². The standard InChI is InChI=1S/C17H19N3O2S2/c1-12-6-4-7-15(10-12)11-20-14(3)17(13(2)18-20)19-24(21,22)16-8-5-9-23-16/h4-10,19H,11H2,1-3H3. The molecule has 0 spiro atoms. The SMILES string of the molecule is Cc1cccc(Cn2nc(C)c(NS(=O)(=O)c3cccs3)c2C)c1. The Kier molecular flexibility index (Phi) is 4.47. The molecule has 7 heteroatoms. The van der Waals surface area contributed by atoms with E-state index in [-0.39, 0.29) is 0 Å². The summed E-state index contributed by atoms with van der Waals surface area (Å²) in [6.07, 6.45) is 0. The summed E-state index contributed by atoms with van der Waals surface area (Å²) in [5, 5.41) is 6.24. The quantitative estimate of drug-likeness (QED) is 0.753. The second-order valence-electron chi connectivity index (χ2n) is 5.73. The number of sulfonamides is 1. The van der Waals surface area contributed by atoms with Crippen LogP contribution in [0.1, 0.15) is 22.5 Å². The summed E-state index contributed by atoms with van der Waals surface area (Å²) in [5.74, 6) is 0. The first kappa shape index (κ1) is 16.7.